The number of benzene rings is 1. The molecule has 7 amide bonds. The van der Waals surface area contributed by atoms with Crippen molar-refractivity contribution in [2.45, 2.75) is 190 Å². The van der Waals surface area contributed by atoms with Gasteiger partial charge in [-0.15, -0.1) is 0 Å². The molecule has 0 aliphatic carbocycles. The number of hydrogen-bond acceptors (Lipinski definition) is 17. The number of carbonyl (C=O) groups excluding carboxylic acids is 7. The zero-order chi connectivity index (χ0) is 56.4. The van der Waals surface area contributed by atoms with Gasteiger partial charge in [0.25, 0.3) is 0 Å². The van der Waals surface area contributed by atoms with Crippen molar-refractivity contribution >= 4 is 41.4 Å². The first-order valence-corrected chi connectivity index (χ1v) is 26.9. The molecule has 0 aromatic heterocycles. The highest BCUT2D eigenvalue weighted by molar-refractivity contribution is 5.98. The van der Waals surface area contributed by atoms with Gasteiger partial charge >= 0.3 is 0 Å². The summed E-state index contributed by atoms with van der Waals surface area (Å²) in [6.07, 6.45) is -3.56. The first-order chi connectivity index (χ1) is 36.0. The van der Waals surface area contributed by atoms with Gasteiger partial charge in [-0.2, -0.15) is 0 Å². The van der Waals surface area contributed by atoms with Crippen LogP contribution in [0.15, 0.2) is 24.3 Å². The molecule has 0 spiro atoms. The van der Waals surface area contributed by atoms with Crippen LogP contribution in [0.2, 0.25) is 0 Å². The highest BCUT2D eigenvalue weighted by Gasteiger charge is 2.50. The summed E-state index contributed by atoms with van der Waals surface area (Å²) in [4.78, 5) is 103. The fourth-order valence-corrected chi connectivity index (χ4v) is 9.67. The Morgan fingerprint density at radius 1 is 0.776 bits per heavy atom. The van der Waals surface area contributed by atoms with Crippen LogP contribution < -0.4 is 26.6 Å². The molecule has 15 atom stereocenters. The van der Waals surface area contributed by atoms with Crippen molar-refractivity contribution in [2.75, 3.05) is 46.9 Å². The van der Waals surface area contributed by atoms with E-state index in [2.05, 4.69) is 40.4 Å². The summed E-state index contributed by atoms with van der Waals surface area (Å²) in [6, 6.07) is -6.26. The number of hydrogen-bond donors (Lipinski definition) is 13. The summed E-state index contributed by atoms with van der Waals surface area (Å²) >= 11 is 0. The third-order valence-corrected chi connectivity index (χ3v) is 14.6. The largest absolute Gasteiger partial charge is 0.508 e. The summed E-state index contributed by atoms with van der Waals surface area (Å²) in [6.45, 7) is 5.31. The van der Waals surface area contributed by atoms with Crippen LogP contribution in [0.1, 0.15) is 123 Å². The van der Waals surface area contributed by atoms with Gasteiger partial charge in [-0.3, -0.25) is 33.6 Å². The zero-order valence-electron chi connectivity index (χ0n) is 44.9. The maximum Gasteiger partial charge on any atom is 0.248 e. The minimum absolute atomic E-state index is 0.0228. The van der Waals surface area contributed by atoms with Crippen LogP contribution in [0.4, 0.5) is 0 Å². The predicted octanol–water partition coefficient (Wildman–Crippen LogP) is -2.00. The van der Waals surface area contributed by atoms with E-state index in [-0.39, 0.29) is 37.4 Å². The molecule has 0 saturated carbocycles. The third-order valence-electron chi connectivity index (χ3n) is 14.6. The number of fused-ring (bicyclic) bond motifs is 2. The van der Waals surface area contributed by atoms with Crippen molar-refractivity contribution in [3.8, 4) is 5.75 Å². The summed E-state index contributed by atoms with van der Waals surface area (Å²) in [5, 5.41) is 101. The Hall–Kier alpha value is -5.05. The number of phenols is 1. The minimum atomic E-state index is -2.25. The van der Waals surface area contributed by atoms with Crippen LogP contribution >= 0.6 is 0 Å². The smallest absolute Gasteiger partial charge is 0.248 e. The number of carbonyl (C=O) groups is 7. The number of likely N-dealkylation sites (N-methyl/N-ethyl adjacent to an activating group) is 1. The van der Waals surface area contributed by atoms with Gasteiger partial charge in [-0.05, 0) is 51.1 Å². The number of nitrogens with zero attached hydrogens (tertiary/aromatic N) is 3. The molecule has 3 heterocycles. The van der Waals surface area contributed by atoms with Gasteiger partial charge in [0.1, 0.15) is 60.3 Å². The molecule has 0 bridgehead atoms. The lowest BCUT2D eigenvalue weighted by Gasteiger charge is -2.33. The Labute approximate surface area is 445 Å². The Morgan fingerprint density at radius 3 is 2.00 bits per heavy atom. The van der Waals surface area contributed by atoms with Crippen LogP contribution in [-0.2, 0) is 38.3 Å². The Balaban J connectivity index is 1.73. The molecule has 3 saturated heterocycles. The molecule has 4 rings (SSSR count). The molecule has 24 nitrogen and oxygen atoms in total. The van der Waals surface area contributed by atoms with E-state index < -0.39 is 152 Å². The average Bonchev–Trinajstić information content (AvgIpc) is 3.92. The number of aliphatic hydroxyl groups is 7. The van der Waals surface area contributed by atoms with Crippen molar-refractivity contribution in [1.82, 2.24) is 41.3 Å². The lowest BCUT2D eigenvalue weighted by atomic mass is 9.97. The molecule has 3 aliphatic heterocycles. The zero-order valence-corrected chi connectivity index (χ0v) is 44.9. The van der Waals surface area contributed by atoms with E-state index in [4.69, 9.17) is 4.74 Å². The van der Waals surface area contributed by atoms with Gasteiger partial charge in [0.15, 0.2) is 6.23 Å². The molecular weight excluding hydrogens is 993 g/mol. The van der Waals surface area contributed by atoms with E-state index in [0.717, 1.165) is 55.2 Å². The van der Waals surface area contributed by atoms with E-state index >= 15 is 0 Å². The summed E-state index contributed by atoms with van der Waals surface area (Å²) in [7, 11) is 3.46. The number of amides is 7. The monoisotopic (exact) mass is 1080 g/mol. The Morgan fingerprint density at radius 2 is 1.39 bits per heavy atom. The Kier molecular flexibility index (Phi) is 25.7. The number of ether oxygens (including phenoxy) is 1. The first-order valence-electron chi connectivity index (χ1n) is 26.9. The quantitative estimate of drug-likeness (QED) is 0.0559. The standard InChI is InChI=1S/C52H86N8O16/c1-7-29(2)16-14-12-10-8-9-11-13-15-17-39(66)53-35-25-38(65)50(76-23-22-58(5)6)57-49(73)42-43(67)30(3)26-60(42)51(74)36(28-61)54-48(72)41(45(69)44(68)32-18-20-33(63)21-19-32)56-47(71)37-24-34(64)27-59(37)52(75)40(31(4)62)55-46(35)70/h18-21,29-31,34-38,40-45,50,61-65,67-69H,7-17,22-28H2,1-6H3,(H,53,66)(H,54,72)(H,55,70)(H,56,71)(H,57,73)/t29?,30-,31+,34+,35-,36-,37-,38+,40-,41-,42-,43-,44-,45-,50+/m0/s1. The molecule has 0 radical (unpaired) electrons. The normalized spacial score (nSPS) is 29.1. The van der Waals surface area contributed by atoms with Crippen molar-refractivity contribution < 1.29 is 79.2 Å². The number of phenolic OH excluding ortho intramolecular Hbond substituents is 1. The molecule has 1 aromatic carbocycles. The maximum absolute atomic E-state index is 14.5. The first kappa shape index (κ1) is 63.5. The van der Waals surface area contributed by atoms with Crippen LogP contribution in [0.5, 0.6) is 5.75 Å². The van der Waals surface area contributed by atoms with Gasteiger partial charge in [0.05, 0.1) is 31.5 Å². The summed E-state index contributed by atoms with van der Waals surface area (Å²) < 4.78 is 5.96. The molecule has 3 aliphatic rings. The van der Waals surface area contributed by atoms with Crippen LogP contribution in [0.25, 0.3) is 0 Å². The summed E-state index contributed by atoms with van der Waals surface area (Å²) in [5.74, 6) is -7.78. The van der Waals surface area contributed by atoms with E-state index in [0.29, 0.717) is 12.3 Å². The van der Waals surface area contributed by atoms with Gasteiger partial charge < -0.3 is 86.9 Å². The molecule has 430 valence electrons. The lowest BCUT2D eigenvalue weighted by molar-refractivity contribution is -0.148. The number of unbranched alkanes of at least 4 members (excludes halogenated alkanes) is 7. The van der Waals surface area contributed by atoms with Crippen LogP contribution in [-0.4, -0.2) is 217 Å². The van der Waals surface area contributed by atoms with Crippen LogP contribution in [0, 0.1) is 11.8 Å². The number of aromatic hydroxyl groups is 1. The SMILES string of the molecule is CCC(C)CCCCCCCCCCC(=O)N[C@H]1C[C@@H](O)[C@@H](OCCN(C)C)NC(=O)[C@@H]2[C@@H](O)[C@@H](C)CN2C(=O)[C@H](CO)NC(=O)[C@H]([C@H](O)[C@@H](O)c2ccc(O)cc2)NC(=O)[C@@H]2C[C@@H](O)CN2C(=O)[C@H]([C@@H](C)O)NC1=O. The average molecular weight is 1080 g/mol. The predicted molar refractivity (Wildman–Crippen MR) is 275 cm³/mol. The molecule has 76 heavy (non-hydrogen) atoms. The fraction of sp³-hybridized carbons (Fsp3) is 0.750. The van der Waals surface area contributed by atoms with E-state index in [1.807, 2.05) is 0 Å². The van der Waals surface area contributed by atoms with Crippen molar-refractivity contribution in [1.29, 1.82) is 0 Å². The highest BCUT2D eigenvalue weighted by atomic mass is 16.5. The third kappa shape index (κ3) is 18.3. The fourth-order valence-electron chi connectivity index (χ4n) is 9.67. The van der Waals surface area contributed by atoms with Crippen molar-refractivity contribution in [2.24, 2.45) is 11.8 Å². The lowest BCUT2D eigenvalue weighted by Crippen LogP contribution is -2.63. The molecule has 24 heteroatoms. The van der Waals surface area contributed by atoms with Gasteiger partial charge in [-0.1, -0.05) is 90.7 Å². The molecule has 3 fully saturated rings. The van der Waals surface area contributed by atoms with Gasteiger partial charge in [0, 0.05) is 44.8 Å². The minimum Gasteiger partial charge on any atom is -0.508 e. The molecule has 1 unspecified atom stereocenters. The highest BCUT2D eigenvalue weighted by Crippen LogP contribution is 2.28. The second kappa shape index (κ2) is 30.8. The van der Waals surface area contributed by atoms with E-state index in [1.54, 1.807) is 19.0 Å². The topological polar surface area (TPSA) is 360 Å². The number of rotatable bonds is 22. The van der Waals surface area contributed by atoms with Gasteiger partial charge in [0.2, 0.25) is 41.4 Å². The molecule has 13 N–H and O–H groups in total. The van der Waals surface area contributed by atoms with Crippen molar-refractivity contribution in [3.05, 3.63) is 29.8 Å². The van der Waals surface area contributed by atoms with Gasteiger partial charge in [-0.25, -0.2) is 0 Å². The Bertz CT molecular complexity index is 2050. The maximum atomic E-state index is 14.5. The number of aliphatic hydroxyl groups excluding tert-OH is 7. The van der Waals surface area contributed by atoms with E-state index in [9.17, 15) is 74.4 Å². The van der Waals surface area contributed by atoms with Crippen LogP contribution in [0.3, 0.4) is 0 Å². The second-order valence-corrected chi connectivity index (χ2v) is 21.2. The molecule has 1 aromatic rings. The second-order valence-electron chi connectivity index (χ2n) is 21.2. The molecular formula is C52H86N8O16. The summed E-state index contributed by atoms with van der Waals surface area (Å²) in [5.41, 5.74) is -0.0468. The van der Waals surface area contributed by atoms with E-state index in [1.165, 1.54) is 50.5 Å². The van der Waals surface area contributed by atoms with Crippen molar-refractivity contribution in [3.63, 3.8) is 0 Å². The number of nitrogens with one attached hydrogen (secondary N) is 5.